The molecular weight excluding hydrogens is 342 g/mol. The second-order valence-electron chi connectivity index (χ2n) is 4.54. The molecule has 0 unspecified atom stereocenters. The third kappa shape index (κ3) is 2.91. The molecule has 1 fully saturated rings. The molecule has 0 saturated carbocycles. The lowest BCUT2D eigenvalue weighted by molar-refractivity contribution is -0.123. The van der Waals surface area contributed by atoms with Gasteiger partial charge in [-0.05, 0) is 65.3 Å². The summed E-state index contributed by atoms with van der Waals surface area (Å²) in [6.07, 6.45) is 1.72. The summed E-state index contributed by atoms with van der Waals surface area (Å²) in [5.41, 5.74) is 0.840. The molecule has 1 heterocycles. The SMILES string of the molecule is COc1ccc(/C=C2\SC(=O)N(C(C)C)C2=O)cc1Br. The Morgan fingerprint density at radius 1 is 1.35 bits per heavy atom. The monoisotopic (exact) mass is 355 g/mol. The maximum atomic E-state index is 12.1. The Bertz CT molecular complexity index is 598. The van der Waals surface area contributed by atoms with E-state index in [1.54, 1.807) is 13.2 Å². The van der Waals surface area contributed by atoms with Gasteiger partial charge in [-0.1, -0.05) is 6.07 Å². The number of imide groups is 1. The van der Waals surface area contributed by atoms with E-state index in [1.807, 2.05) is 32.0 Å². The first-order chi connectivity index (χ1) is 9.43. The van der Waals surface area contributed by atoms with Crippen molar-refractivity contribution in [1.82, 2.24) is 4.90 Å². The van der Waals surface area contributed by atoms with Crippen LogP contribution >= 0.6 is 27.7 Å². The zero-order valence-electron chi connectivity index (χ0n) is 11.3. The molecule has 20 heavy (non-hydrogen) atoms. The van der Waals surface area contributed by atoms with E-state index < -0.39 is 0 Å². The van der Waals surface area contributed by atoms with Gasteiger partial charge in [-0.25, -0.2) is 0 Å². The summed E-state index contributed by atoms with van der Waals surface area (Å²) in [7, 11) is 1.59. The fraction of sp³-hybridized carbons (Fsp3) is 0.286. The molecule has 1 aliphatic rings. The molecule has 0 aromatic heterocycles. The van der Waals surface area contributed by atoms with Gasteiger partial charge in [-0.2, -0.15) is 0 Å². The zero-order valence-corrected chi connectivity index (χ0v) is 13.7. The van der Waals surface area contributed by atoms with E-state index in [-0.39, 0.29) is 17.2 Å². The van der Waals surface area contributed by atoms with Gasteiger partial charge in [0.2, 0.25) is 0 Å². The summed E-state index contributed by atoms with van der Waals surface area (Å²) >= 11 is 4.37. The molecular formula is C14H14BrNO3S. The Morgan fingerprint density at radius 2 is 2.05 bits per heavy atom. The maximum Gasteiger partial charge on any atom is 0.293 e. The normalized spacial score (nSPS) is 17.4. The zero-order chi connectivity index (χ0) is 14.9. The van der Waals surface area contributed by atoms with E-state index in [0.29, 0.717) is 4.91 Å². The number of hydrogen-bond acceptors (Lipinski definition) is 4. The number of nitrogens with zero attached hydrogens (tertiary/aromatic N) is 1. The topological polar surface area (TPSA) is 46.6 Å². The van der Waals surface area contributed by atoms with E-state index in [4.69, 9.17) is 4.74 Å². The molecule has 2 rings (SSSR count). The average Bonchev–Trinajstić information content (AvgIpc) is 2.64. The largest absolute Gasteiger partial charge is 0.496 e. The molecule has 0 radical (unpaired) electrons. The number of rotatable bonds is 3. The predicted octanol–water partition coefficient (Wildman–Crippen LogP) is 3.90. The van der Waals surface area contributed by atoms with Gasteiger partial charge in [-0.3, -0.25) is 14.5 Å². The Balaban J connectivity index is 2.30. The van der Waals surface area contributed by atoms with E-state index in [9.17, 15) is 9.59 Å². The van der Waals surface area contributed by atoms with Gasteiger partial charge < -0.3 is 4.74 Å². The van der Waals surface area contributed by atoms with E-state index in [0.717, 1.165) is 27.5 Å². The fourth-order valence-electron chi connectivity index (χ4n) is 1.85. The van der Waals surface area contributed by atoms with E-state index in [2.05, 4.69) is 15.9 Å². The Kier molecular flexibility index (Phi) is 4.55. The highest BCUT2D eigenvalue weighted by Gasteiger charge is 2.36. The Hall–Kier alpha value is -1.27. The van der Waals surface area contributed by atoms with Crippen molar-refractivity contribution >= 4 is 44.9 Å². The molecule has 0 spiro atoms. The first-order valence-corrected chi connectivity index (χ1v) is 7.65. The van der Waals surface area contributed by atoms with Crippen molar-refractivity contribution in [1.29, 1.82) is 0 Å². The molecule has 1 aromatic rings. The third-order valence-electron chi connectivity index (χ3n) is 2.81. The van der Waals surface area contributed by atoms with Crippen LogP contribution in [0.4, 0.5) is 4.79 Å². The number of ether oxygens (including phenoxy) is 1. The van der Waals surface area contributed by atoms with E-state index >= 15 is 0 Å². The van der Waals surface area contributed by atoms with Crippen molar-refractivity contribution in [3.8, 4) is 5.75 Å². The lowest BCUT2D eigenvalue weighted by Crippen LogP contribution is -2.34. The molecule has 6 heteroatoms. The molecule has 4 nitrogen and oxygen atoms in total. The number of carbonyl (C=O) groups is 2. The lowest BCUT2D eigenvalue weighted by atomic mass is 10.2. The number of thioether (sulfide) groups is 1. The minimum Gasteiger partial charge on any atom is -0.496 e. The standard InChI is InChI=1S/C14H14BrNO3S/c1-8(2)16-13(17)12(20-14(16)18)7-9-4-5-11(19-3)10(15)6-9/h4-8H,1-3H3/b12-7-. The van der Waals surface area contributed by atoms with Gasteiger partial charge in [0.25, 0.3) is 11.1 Å². The van der Waals surface area contributed by atoms with Crippen molar-refractivity contribution in [3.05, 3.63) is 33.1 Å². The first-order valence-electron chi connectivity index (χ1n) is 6.04. The van der Waals surface area contributed by atoms with Crippen LogP contribution in [0, 0.1) is 0 Å². The highest BCUT2D eigenvalue weighted by Crippen LogP contribution is 2.34. The van der Waals surface area contributed by atoms with Crippen LogP contribution in [0.2, 0.25) is 0 Å². The molecule has 2 amide bonds. The summed E-state index contributed by atoms with van der Waals surface area (Å²) in [6.45, 7) is 3.65. The van der Waals surface area contributed by atoms with Crippen LogP contribution in [-0.2, 0) is 4.79 Å². The van der Waals surface area contributed by atoms with Crippen molar-refractivity contribution in [2.75, 3.05) is 7.11 Å². The quantitative estimate of drug-likeness (QED) is 0.771. The molecule has 0 aliphatic carbocycles. The highest BCUT2D eigenvalue weighted by molar-refractivity contribution is 9.10. The first kappa shape index (κ1) is 15.1. The summed E-state index contributed by atoms with van der Waals surface area (Å²) in [4.78, 5) is 25.7. The molecule has 0 N–H and O–H groups in total. The van der Waals surface area contributed by atoms with Crippen LogP contribution in [0.15, 0.2) is 27.6 Å². The fourth-order valence-corrected chi connectivity index (χ4v) is 3.37. The average molecular weight is 356 g/mol. The van der Waals surface area contributed by atoms with Crippen LogP contribution in [0.1, 0.15) is 19.4 Å². The summed E-state index contributed by atoms with van der Waals surface area (Å²) in [5, 5.41) is -0.219. The lowest BCUT2D eigenvalue weighted by Gasteiger charge is -2.16. The molecule has 1 aliphatic heterocycles. The number of carbonyl (C=O) groups excluding carboxylic acids is 2. The molecule has 106 valence electrons. The predicted molar refractivity (Wildman–Crippen MR) is 83.6 cm³/mol. The van der Waals surface area contributed by atoms with E-state index in [1.165, 1.54) is 4.90 Å². The van der Waals surface area contributed by atoms with Crippen molar-refractivity contribution in [2.24, 2.45) is 0 Å². The van der Waals surface area contributed by atoms with Crippen molar-refractivity contribution < 1.29 is 14.3 Å². The number of methoxy groups -OCH3 is 1. The van der Waals surface area contributed by atoms with Gasteiger partial charge in [0.1, 0.15) is 5.75 Å². The van der Waals surface area contributed by atoms with Crippen molar-refractivity contribution in [2.45, 2.75) is 19.9 Å². The van der Waals surface area contributed by atoms with Crippen LogP contribution in [0.5, 0.6) is 5.75 Å². The number of amides is 2. The summed E-state index contributed by atoms with van der Waals surface area (Å²) in [6, 6.07) is 5.37. The maximum absolute atomic E-state index is 12.1. The minimum absolute atomic E-state index is 0.129. The molecule has 0 atom stereocenters. The van der Waals surface area contributed by atoms with Crippen LogP contribution in [0.3, 0.4) is 0 Å². The smallest absolute Gasteiger partial charge is 0.293 e. The Labute approximate surface area is 130 Å². The van der Waals surface area contributed by atoms with Gasteiger partial charge >= 0.3 is 0 Å². The van der Waals surface area contributed by atoms with Gasteiger partial charge in [0.15, 0.2) is 0 Å². The molecule has 1 aromatic carbocycles. The molecule has 1 saturated heterocycles. The minimum atomic E-state index is -0.234. The second kappa shape index (κ2) is 6.01. The van der Waals surface area contributed by atoms with Gasteiger partial charge in [0.05, 0.1) is 16.5 Å². The summed E-state index contributed by atoms with van der Waals surface area (Å²) < 4.78 is 5.96. The molecule has 0 bridgehead atoms. The highest BCUT2D eigenvalue weighted by atomic mass is 79.9. The Morgan fingerprint density at radius 3 is 2.55 bits per heavy atom. The third-order valence-corrected chi connectivity index (χ3v) is 4.32. The number of halogens is 1. The van der Waals surface area contributed by atoms with Crippen molar-refractivity contribution in [3.63, 3.8) is 0 Å². The van der Waals surface area contributed by atoms with Gasteiger partial charge in [0, 0.05) is 6.04 Å². The van der Waals surface area contributed by atoms with Crippen LogP contribution in [0.25, 0.3) is 6.08 Å². The number of benzene rings is 1. The van der Waals surface area contributed by atoms with Crippen LogP contribution in [-0.4, -0.2) is 29.2 Å². The van der Waals surface area contributed by atoms with Gasteiger partial charge in [-0.15, -0.1) is 0 Å². The second-order valence-corrected chi connectivity index (χ2v) is 6.39. The number of hydrogen-bond donors (Lipinski definition) is 0. The van der Waals surface area contributed by atoms with Crippen LogP contribution < -0.4 is 4.74 Å². The summed E-state index contributed by atoms with van der Waals surface area (Å²) in [5.74, 6) is 0.486.